The van der Waals surface area contributed by atoms with Crippen LogP contribution in [0, 0.1) is 39.0 Å². The van der Waals surface area contributed by atoms with Crippen molar-refractivity contribution < 1.29 is 9.53 Å². The number of nitrogens with one attached hydrogen (secondary N) is 1. The highest BCUT2D eigenvalue weighted by Crippen LogP contribution is 2.26. The average molecular weight is 414 g/mol. The Bertz CT molecular complexity index is 1200. The standard InChI is InChI=1S/C26H27N3O2/c1-6-31-24-11-8-10-23(15-24)28-26(30)22(16-27)14-21-13-18(3)29(20(21)5)25-12-7-9-17(2)19(25)4/h7-15H,6H2,1-5H3,(H,28,30)/b22-14-. The maximum absolute atomic E-state index is 12.7. The van der Waals surface area contributed by atoms with Crippen molar-refractivity contribution in [3.63, 3.8) is 0 Å². The van der Waals surface area contributed by atoms with Gasteiger partial charge in [0.25, 0.3) is 5.91 Å². The highest BCUT2D eigenvalue weighted by molar-refractivity contribution is 6.09. The van der Waals surface area contributed by atoms with E-state index in [0.29, 0.717) is 18.0 Å². The van der Waals surface area contributed by atoms with E-state index in [1.165, 1.54) is 11.1 Å². The van der Waals surface area contributed by atoms with Gasteiger partial charge in [-0.2, -0.15) is 5.26 Å². The molecule has 0 spiro atoms. The lowest BCUT2D eigenvalue weighted by molar-refractivity contribution is -0.112. The molecule has 158 valence electrons. The van der Waals surface area contributed by atoms with Crippen LogP contribution < -0.4 is 10.1 Å². The second kappa shape index (κ2) is 9.36. The van der Waals surface area contributed by atoms with E-state index in [-0.39, 0.29) is 5.57 Å². The minimum absolute atomic E-state index is 0.0445. The van der Waals surface area contributed by atoms with Gasteiger partial charge < -0.3 is 14.6 Å². The van der Waals surface area contributed by atoms with Gasteiger partial charge in [0, 0.05) is 28.8 Å². The largest absolute Gasteiger partial charge is 0.494 e. The summed E-state index contributed by atoms with van der Waals surface area (Å²) in [4.78, 5) is 12.7. The summed E-state index contributed by atoms with van der Waals surface area (Å²) in [6.07, 6.45) is 1.64. The zero-order chi connectivity index (χ0) is 22.5. The molecule has 1 aromatic heterocycles. The van der Waals surface area contributed by atoms with E-state index in [4.69, 9.17) is 4.74 Å². The van der Waals surface area contributed by atoms with Gasteiger partial charge in [-0.1, -0.05) is 18.2 Å². The van der Waals surface area contributed by atoms with Gasteiger partial charge in [-0.15, -0.1) is 0 Å². The van der Waals surface area contributed by atoms with Crippen LogP contribution in [0.4, 0.5) is 5.69 Å². The summed E-state index contributed by atoms with van der Waals surface area (Å²) in [6, 6.07) is 17.4. The third-order valence-electron chi connectivity index (χ3n) is 5.36. The number of hydrogen-bond donors (Lipinski definition) is 1. The Labute approximate surface area is 183 Å². The smallest absolute Gasteiger partial charge is 0.266 e. The second-order valence-corrected chi connectivity index (χ2v) is 7.47. The molecule has 5 nitrogen and oxygen atoms in total. The van der Waals surface area contributed by atoms with Crippen molar-refractivity contribution in [1.82, 2.24) is 4.57 Å². The van der Waals surface area contributed by atoms with Gasteiger partial charge in [0.05, 0.1) is 6.61 Å². The Hall–Kier alpha value is -3.78. The number of anilines is 1. The molecule has 5 heteroatoms. The molecule has 2 aromatic carbocycles. The van der Waals surface area contributed by atoms with Crippen LogP contribution in [0.5, 0.6) is 5.75 Å². The summed E-state index contributed by atoms with van der Waals surface area (Å²) in [5, 5.41) is 12.4. The van der Waals surface area contributed by atoms with E-state index in [1.54, 1.807) is 24.3 Å². The molecule has 0 bridgehead atoms. The van der Waals surface area contributed by atoms with E-state index in [9.17, 15) is 10.1 Å². The lowest BCUT2D eigenvalue weighted by Gasteiger charge is -2.14. The minimum Gasteiger partial charge on any atom is -0.494 e. The first kappa shape index (κ1) is 21.9. The number of carbonyl (C=O) groups is 1. The Morgan fingerprint density at radius 1 is 1.13 bits per heavy atom. The molecule has 1 amide bonds. The van der Waals surface area contributed by atoms with Crippen LogP contribution in [-0.4, -0.2) is 17.1 Å². The molecule has 0 fully saturated rings. The third-order valence-corrected chi connectivity index (χ3v) is 5.36. The van der Waals surface area contributed by atoms with Crippen molar-refractivity contribution in [1.29, 1.82) is 5.26 Å². The molecule has 0 unspecified atom stereocenters. The van der Waals surface area contributed by atoms with Crippen LogP contribution in [0.1, 0.15) is 35.0 Å². The molecule has 1 N–H and O–H groups in total. The fourth-order valence-corrected chi connectivity index (χ4v) is 3.62. The molecule has 3 rings (SSSR count). The number of hydrogen-bond acceptors (Lipinski definition) is 3. The molecule has 0 aliphatic carbocycles. The maximum atomic E-state index is 12.7. The number of benzene rings is 2. The zero-order valence-electron chi connectivity index (χ0n) is 18.6. The Balaban J connectivity index is 1.93. The fraction of sp³-hybridized carbons (Fsp3) is 0.231. The predicted molar refractivity (Wildman–Crippen MR) is 125 cm³/mol. The molecule has 31 heavy (non-hydrogen) atoms. The van der Waals surface area contributed by atoms with Crippen LogP contribution in [0.15, 0.2) is 54.1 Å². The van der Waals surface area contributed by atoms with Crippen molar-refractivity contribution in [3.8, 4) is 17.5 Å². The molecule has 0 aliphatic rings. The molecule has 0 radical (unpaired) electrons. The van der Waals surface area contributed by atoms with Crippen molar-refractivity contribution in [2.45, 2.75) is 34.6 Å². The Kier molecular flexibility index (Phi) is 6.61. The predicted octanol–water partition coefficient (Wildman–Crippen LogP) is 5.66. The summed E-state index contributed by atoms with van der Waals surface area (Å²) < 4.78 is 7.63. The molecular formula is C26H27N3O2. The van der Waals surface area contributed by atoms with Gasteiger partial charge >= 0.3 is 0 Å². The van der Waals surface area contributed by atoms with Gasteiger partial charge in [0.15, 0.2) is 0 Å². The summed E-state index contributed by atoms with van der Waals surface area (Å²) in [6.45, 7) is 10.7. The van der Waals surface area contributed by atoms with Crippen LogP contribution in [0.2, 0.25) is 0 Å². The number of nitrogens with zero attached hydrogens (tertiary/aromatic N) is 2. The zero-order valence-corrected chi connectivity index (χ0v) is 18.6. The number of carbonyl (C=O) groups excluding carboxylic acids is 1. The molecule has 0 aliphatic heterocycles. The topological polar surface area (TPSA) is 67.0 Å². The lowest BCUT2D eigenvalue weighted by Crippen LogP contribution is -2.13. The Morgan fingerprint density at radius 2 is 1.87 bits per heavy atom. The average Bonchev–Trinajstić information content (AvgIpc) is 3.01. The van der Waals surface area contributed by atoms with Gasteiger partial charge in [-0.05, 0) is 81.7 Å². The second-order valence-electron chi connectivity index (χ2n) is 7.47. The van der Waals surface area contributed by atoms with E-state index in [2.05, 4.69) is 35.9 Å². The molecule has 0 saturated carbocycles. The van der Waals surface area contributed by atoms with Crippen molar-refractivity contribution >= 4 is 17.7 Å². The van der Waals surface area contributed by atoms with E-state index >= 15 is 0 Å². The molecule has 0 atom stereocenters. The number of aryl methyl sites for hydroxylation is 2. The maximum Gasteiger partial charge on any atom is 0.266 e. The molecule has 3 aromatic rings. The van der Waals surface area contributed by atoms with Crippen LogP contribution in [0.3, 0.4) is 0 Å². The van der Waals surface area contributed by atoms with Crippen LogP contribution in [-0.2, 0) is 4.79 Å². The van der Waals surface area contributed by atoms with Crippen molar-refractivity contribution in [2.75, 3.05) is 11.9 Å². The van der Waals surface area contributed by atoms with E-state index < -0.39 is 5.91 Å². The van der Waals surface area contributed by atoms with E-state index in [0.717, 1.165) is 22.6 Å². The summed E-state index contributed by atoms with van der Waals surface area (Å²) in [5.74, 6) is 0.215. The molecule has 0 saturated heterocycles. The number of aromatic nitrogens is 1. The minimum atomic E-state index is -0.451. The highest BCUT2D eigenvalue weighted by Gasteiger charge is 2.15. The first-order valence-corrected chi connectivity index (χ1v) is 10.3. The monoisotopic (exact) mass is 413 g/mol. The molecule has 1 heterocycles. The van der Waals surface area contributed by atoms with Gasteiger partial charge in [-0.25, -0.2) is 0 Å². The molecular weight excluding hydrogens is 386 g/mol. The summed E-state index contributed by atoms with van der Waals surface area (Å²) in [5.41, 5.74) is 7.00. The van der Waals surface area contributed by atoms with Gasteiger partial charge in [0.2, 0.25) is 0 Å². The number of amides is 1. The summed E-state index contributed by atoms with van der Waals surface area (Å²) >= 11 is 0. The number of nitriles is 1. The van der Waals surface area contributed by atoms with Gasteiger partial charge in [-0.3, -0.25) is 4.79 Å². The lowest BCUT2D eigenvalue weighted by atomic mass is 10.1. The number of ether oxygens (including phenoxy) is 1. The first-order valence-electron chi connectivity index (χ1n) is 10.3. The van der Waals surface area contributed by atoms with Crippen LogP contribution >= 0.6 is 0 Å². The van der Waals surface area contributed by atoms with E-state index in [1.807, 2.05) is 45.0 Å². The van der Waals surface area contributed by atoms with Crippen molar-refractivity contribution in [2.24, 2.45) is 0 Å². The third kappa shape index (κ3) is 4.70. The van der Waals surface area contributed by atoms with Gasteiger partial charge in [0.1, 0.15) is 17.4 Å². The quantitative estimate of drug-likeness (QED) is 0.419. The normalized spacial score (nSPS) is 11.2. The fourth-order valence-electron chi connectivity index (χ4n) is 3.62. The first-order chi connectivity index (χ1) is 14.8. The SMILES string of the molecule is CCOc1cccc(NC(=O)/C(C#N)=C\c2cc(C)n(-c3cccc(C)c3C)c2C)c1. The number of rotatable bonds is 6. The van der Waals surface area contributed by atoms with Crippen molar-refractivity contribution in [3.05, 3.63) is 82.2 Å². The Morgan fingerprint density at radius 3 is 2.58 bits per heavy atom. The summed E-state index contributed by atoms with van der Waals surface area (Å²) in [7, 11) is 0. The van der Waals surface area contributed by atoms with Crippen LogP contribution in [0.25, 0.3) is 11.8 Å². The highest BCUT2D eigenvalue weighted by atomic mass is 16.5.